The Bertz CT molecular complexity index is 172. The Balaban J connectivity index is 4.30. The van der Waals surface area contributed by atoms with Crippen LogP contribution < -0.4 is 11.1 Å². The molecule has 1 amide bonds. The predicted molar refractivity (Wildman–Crippen MR) is 60.0 cm³/mol. The van der Waals surface area contributed by atoms with Crippen molar-refractivity contribution in [3.05, 3.63) is 0 Å². The van der Waals surface area contributed by atoms with Gasteiger partial charge in [0.25, 0.3) is 0 Å². The Morgan fingerprint density at radius 3 is 1.93 bits per heavy atom. The lowest BCUT2D eigenvalue weighted by Crippen LogP contribution is -2.55. The molecule has 0 fully saturated rings. The van der Waals surface area contributed by atoms with E-state index < -0.39 is 5.54 Å². The summed E-state index contributed by atoms with van der Waals surface area (Å²) in [5.41, 5.74) is 5.31. The average Bonchev–Trinajstić information content (AvgIpc) is 2.24. The lowest BCUT2D eigenvalue weighted by Gasteiger charge is -2.27. The fourth-order valence-electron chi connectivity index (χ4n) is 1.39. The van der Waals surface area contributed by atoms with Gasteiger partial charge in [-0.25, -0.2) is 0 Å². The van der Waals surface area contributed by atoms with Crippen LogP contribution >= 0.6 is 0 Å². The molecule has 0 aliphatic heterocycles. The minimum Gasteiger partial charge on any atom is -0.352 e. The van der Waals surface area contributed by atoms with E-state index in [0.717, 1.165) is 12.8 Å². The number of amides is 1. The normalized spacial score (nSPS) is 11.9. The second-order valence-corrected chi connectivity index (χ2v) is 3.85. The molecule has 84 valence electrons. The van der Waals surface area contributed by atoms with Gasteiger partial charge in [0.05, 0.1) is 5.54 Å². The molecule has 0 aromatic heterocycles. The third-order valence-corrected chi connectivity index (χ3v) is 3.03. The first-order valence-corrected chi connectivity index (χ1v) is 5.63. The van der Waals surface area contributed by atoms with Crippen LogP contribution in [0, 0.1) is 0 Å². The van der Waals surface area contributed by atoms with Crippen LogP contribution in [0.2, 0.25) is 0 Å². The van der Waals surface area contributed by atoms with Crippen molar-refractivity contribution < 1.29 is 4.79 Å². The van der Waals surface area contributed by atoms with Gasteiger partial charge in [-0.15, -0.1) is 0 Å². The van der Waals surface area contributed by atoms with E-state index in [4.69, 9.17) is 5.73 Å². The standard InChI is InChI=1S/C11H24N2O/c1-5-9(6-2)13-10(14)11(12,7-3)8-4/h9H,5-8,12H2,1-4H3,(H,13,14). The van der Waals surface area contributed by atoms with Crippen LogP contribution in [0.25, 0.3) is 0 Å². The zero-order valence-electron chi connectivity index (χ0n) is 9.89. The molecule has 0 radical (unpaired) electrons. The lowest BCUT2D eigenvalue weighted by molar-refractivity contribution is -0.127. The molecule has 0 spiro atoms. The Morgan fingerprint density at radius 2 is 1.64 bits per heavy atom. The van der Waals surface area contributed by atoms with Gasteiger partial charge < -0.3 is 11.1 Å². The largest absolute Gasteiger partial charge is 0.352 e. The van der Waals surface area contributed by atoms with Crippen LogP contribution in [0.3, 0.4) is 0 Å². The average molecular weight is 200 g/mol. The summed E-state index contributed by atoms with van der Waals surface area (Å²) in [6.45, 7) is 8.06. The van der Waals surface area contributed by atoms with Crippen LogP contribution in [0.4, 0.5) is 0 Å². The van der Waals surface area contributed by atoms with Crippen LogP contribution in [-0.2, 0) is 4.79 Å². The van der Waals surface area contributed by atoms with E-state index >= 15 is 0 Å². The molecule has 0 saturated carbocycles. The van der Waals surface area contributed by atoms with Gasteiger partial charge in [-0.2, -0.15) is 0 Å². The number of carbonyl (C=O) groups excluding carboxylic acids is 1. The summed E-state index contributed by atoms with van der Waals surface area (Å²) >= 11 is 0. The molecule has 0 rings (SSSR count). The van der Waals surface area contributed by atoms with E-state index in [1.54, 1.807) is 0 Å². The first-order chi connectivity index (χ1) is 6.53. The summed E-state index contributed by atoms with van der Waals surface area (Å²) in [5.74, 6) is -0.00352. The third-order valence-electron chi connectivity index (χ3n) is 3.03. The van der Waals surface area contributed by atoms with Gasteiger partial charge in [0.2, 0.25) is 5.91 Å². The zero-order chi connectivity index (χ0) is 11.2. The number of nitrogens with two attached hydrogens (primary N) is 1. The van der Waals surface area contributed by atoms with Crippen LogP contribution in [-0.4, -0.2) is 17.5 Å². The summed E-state index contributed by atoms with van der Waals surface area (Å²) in [6, 6.07) is 0.267. The number of hydrogen-bond acceptors (Lipinski definition) is 2. The van der Waals surface area contributed by atoms with Gasteiger partial charge >= 0.3 is 0 Å². The van der Waals surface area contributed by atoms with E-state index in [1.165, 1.54) is 0 Å². The second kappa shape index (κ2) is 6.02. The Kier molecular flexibility index (Phi) is 5.77. The van der Waals surface area contributed by atoms with Crippen LogP contribution in [0.15, 0.2) is 0 Å². The van der Waals surface area contributed by atoms with Gasteiger partial charge in [0.15, 0.2) is 0 Å². The molecule has 0 aliphatic carbocycles. The number of nitrogens with one attached hydrogen (secondary N) is 1. The maximum absolute atomic E-state index is 11.8. The topological polar surface area (TPSA) is 55.1 Å². The van der Waals surface area contributed by atoms with Gasteiger partial charge in [-0.1, -0.05) is 27.7 Å². The summed E-state index contributed by atoms with van der Waals surface area (Å²) in [7, 11) is 0. The van der Waals surface area contributed by atoms with E-state index in [2.05, 4.69) is 19.2 Å². The van der Waals surface area contributed by atoms with Crippen molar-refractivity contribution in [1.29, 1.82) is 0 Å². The van der Waals surface area contributed by atoms with Crippen molar-refractivity contribution in [2.45, 2.75) is 65.0 Å². The molecule has 0 bridgehead atoms. The molecule has 0 atom stereocenters. The van der Waals surface area contributed by atoms with Gasteiger partial charge in [0.1, 0.15) is 0 Å². The minimum absolute atomic E-state index is 0.00352. The number of carbonyl (C=O) groups is 1. The number of hydrogen-bond donors (Lipinski definition) is 2. The highest BCUT2D eigenvalue weighted by atomic mass is 16.2. The molecule has 0 aliphatic rings. The molecular formula is C11H24N2O. The molecular weight excluding hydrogens is 176 g/mol. The van der Waals surface area contributed by atoms with E-state index in [9.17, 15) is 4.79 Å². The summed E-state index contributed by atoms with van der Waals surface area (Å²) in [6.07, 6.45) is 3.31. The Labute approximate surface area is 87.4 Å². The highest BCUT2D eigenvalue weighted by molar-refractivity contribution is 5.86. The highest BCUT2D eigenvalue weighted by Gasteiger charge is 2.30. The first-order valence-electron chi connectivity index (χ1n) is 5.63. The van der Waals surface area contributed by atoms with Crippen molar-refractivity contribution in [3.63, 3.8) is 0 Å². The molecule has 0 unspecified atom stereocenters. The molecule has 0 aromatic rings. The molecule has 14 heavy (non-hydrogen) atoms. The molecule has 0 aromatic carbocycles. The van der Waals surface area contributed by atoms with E-state index in [1.807, 2.05) is 13.8 Å². The lowest BCUT2D eigenvalue weighted by atomic mass is 9.92. The van der Waals surface area contributed by atoms with E-state index in [-0.39, 0.29) is 11.9 Å². The smallest absolute Gasteiger partial charge is 0.240 e. The molecule has 0 saturated heterocycles. The number of rotatable bonds is 6. The summed E-state index contributed by atoms with van der Waals surface area (Å²) in [4.78, 5) is 11.8. The molecule has 3 nitrogen and oxygen atoms in total. The fourth-order valence-corrected chi connectivity index (χ4v) is 1.39. The first kappa shape index (κ1) is 13.4. The van der Waals surface area contributed by atoms with Gasteiger partial charge in [-0.3, -0.25) is 4.79 Å². The molecule has 3 heteroatoms. The van der Waals surface area contributed by atoms with Crippen molar-refractivity contribution in [3.8, 4) is 0 Å². The second-order valence-electron chi connectivity index (χ2n) is 3.85. The van der Waals surface area contributed by atoms with E-state index in [0.29, 0.717) is 12.8 Å². The van der Waals surface area contributed by atoms with Crippen LogP contribution in [0.1, 0.15) is 53.4 Å². The monoisotopic (exact) mass is 200 g/mol. The maximum atomic E-state index is 11.8. The van der Waals surface area contributed by atoms with Gasteiger partial charge in [0, 0.05) is 6.04 Å². The van der Waals surface area contributed by atoms with Crippen molar-refractivity contribution in [2.24, 2.45) is 5.73 Å². The molecule has 0 heterocycles. The predicted octanol–water partition coefficient (Wildman–Crippen LogP) is 1.81. The van der Waals surface area contributed by atoms with Crippen molar-refractivity contribution in [2.75, 3.05) is 0 Å². The highest BCUT2D eigenvalue weighted by Crippen LogP contribution is 2.12. The van der Waals surface area contributed by atoms with Gasteiger partial charge in [-0.05, 0) is 25.7 Å². The Hall–Kier alpha value is -0.570. The quantitative estimate of drug-likeness (QED) is 0.687. The SMILES string of the molecule is CCC(CC)NC(=O)C(N)(CC)CC. The summed E-state index contributed by atoms with van der Waals surface area (Å²) in [5, 5.41) is 2.99. The summed E-state index contributed by atoms with van der Waals surface area (Å²) < 4.78 is 0. The fraction of sp³-hybridized carbons (Fsp3) is 0.909. The Morgan fingerprint density at radius 1 is 1.21 bits per heavy atom. The zero-order valence-corrected chi connectivity index (χ0v) is 9.89. The van der Waals surface area contributed by atoms with Crippen molar-refractivity contribution in [1.82, 2.24) is 5.32 Å². The molecule has 3 N–H and O–H groups in total. The minimum atomic E-state index is -0.678. The van der Waals surface area contributed by atoms with Crippen molar-refractivity contribution >= 4 is 5.91 Å². The third kappa shape index (κ3) is 3.29. The maximum Gasteiger partial charge on any atom is 0.240 e. The van der Waals surface area contributed by atoms with Crippen LogP contribution in [0.5, 0.6) is 0 Å².